The minimum Gasteiger partial charge on any atom is -0.478 e. The van der Waals surface area contributed by atoms with Crippen LogP contribution in [0.2, 0.25) is 0 Å². The number of hydrogen-bond donors (Lipinski definition) is 2. The Balaban J connectivity index is 2.56. The maximum absolute atomic E-state index is 12.2. The number of carboxylic acid groups (broad SMARTS) is 2. The Kier molecular flexibility index (Phi) is 6.83. The molecule has 0 aliphatic rings. The number of rotatable bonds is 7. The van der Waals surface area contributed by atoms with Crippen LogP contribution in [0.4, 0.5) is 0 Å². The molecule has 3 aromatic carbocycles. The van der Waals surface area contributed by atoms with Gasteiger partial charge in [0.2, 0.25) is 0 Å². The van der Waals surface area contributed by atoms with Gasteiger partial charge in [-0.15, -0.1) is 0 Å². The highest BCUT2D eigenvalue weighted by molar-refractivity contribution is 6.04. The van der Waals surface area contributed by atoms with Crippen molar-refractivity contribution < 1.29 is 19.8 Å². The van der Waals surface area contributed by atoms with E-state index in [1.54, 1.807) is 24.3 Å². The largest absolute Gasteiger partial charge is 0.478 e. The third-order valence-electron chi connectivity index (χ3n) is 5.71. The lowest BCUT2D eigenvalue weighted by molar-refractivity contribution is 0.0686. The van der Waals surface area contributed by atoms with Crippen LogP contribution in [0.5, 0.6) is 0 Å². The molecule has 3 aromatic rings. The topological polar surface area (TPSA) is 74.6 Å². The van der Waals surface area contributed by atoms with Gasteiger partial charge in [0.1, 0.15) is 0 Å². The zero-order valence-electron chi connectivity index (χ0n) is 19.3. The third-order valence-corrected chi connectivity index (χ3v) is 5.71. The van der Waals surface area contributed by atoms with E-state index < -0.39 is 11.9 Å². The highest BCUT2D eigenvalue weighted by atomic mass is 16.4. The number of aryl methyl sites for hydroxylation is 1. The predicted molar refractivity (Wildman–Crippen MR) is 129 cm³/mol. The number of carbonyl (C=O) groups is 2. The first-order valence-corrected chi connectivity index (χ1v) is 10.9. The normalized spacial score (nSPS) is 11.2. The number of carboxylic acids is 2. The minimum atomic E-state index is -1.00. The molecule has 0 aromatic heterocycles. The average molecular weight is 431 g/mol. The van der Waals surface area contributed by atoms with Crippen molar-refractivity contribution in [3.63, 3.8) is 0 Å². The van der Waals surface area contributed by atoms with Crippen molar-refractivity contribution in [1.82, 2.24) is 0 Å². The Labute approximate surface area is 189 Å². The average Bonchev–Trinajstić information content (AvgIpc) is 2.72. The van der Waals surface area contributed by atoms with E-state index >= 15 is 0 Å². The summed E-state index contributed by atoms with van der Waals surface area (Å²) < 4.78 is 0. The van der Waals surface area contributed by atoms with Crippen LogP contribution in [0.15, 0.2) is 54.6 Å². The summed E-state index contributed by atoms with van der Waals surface area (Å²) in [7, 11) is 0. The van der Waals surface area contributed by atoms with Gasteiger partial charge in [0.15, 0.2) is 0 Å². The summed E-state index contributed by atoms with van der Waals surface area (Å²) in [5.41, 5.74) is 6.44. The van der Waals surface area contributed by atoms with Crippen LogP contribution in [0.25, 0.3) is 22.3 Å². The fraction of sp³-hybridized carbons (Fsp3) is 0.286. The summed E-state index contributed by atoms with van der Waals surface area (Å²) in [5.74, 6) is -1.46. The van der Waals surface area contributed by atoms with E-state index in [0.717, 1.165) is 28.7 Å². The molecule has 0 amide bonds. The molecule has 0 fully saturated rings. The lowest BCUT2D eigenvalue weighted by atomic mass is 9.77. The van der Waals surface area contributed by atoms with Crippen LogP contribution >= 0.6 is 0 Å². The summed E-state index contributed by atoms with van der Waals surface area (Å²) >= 11 is 0. The first-order valence-electron chi connectivity index (χ1n) is 10.9. The van der Waals surface area contributed by atoms with Crippen LogP contribution in [-0.4, -0.2) is 22.2 Å². The SMILES string of the molecule is Cc1cc(CC(C)C)c(C(C)C)c(-c2ccccc2C(=O)O)c1-c1ccccc1C(=O)O. The maximum Gasteiger partial charge on any atom is 0.336 e. The standard InChI is InChI=1S/C28H30O4/c1-16(2)14-19-15-18(5)25(20-10-6-8-12-22(20)27(29)30)26(24(19)17(3)4)21-11-7-9-13-23(21)28(31)32/h6-13,15-17H,14H2,1-5H3,(H,29,30)(H,31,32). The summed E-state index contributed by atoms with van der Waals surface area (Å²) in [6, 6.07) is 16.1. The molecule has 32 heavy (non-hydrogen) atoms. The van der Waals surface area contributed by atoms with Crippen LogP contribution < -0.4 is 0 Å². The fourth-order valence-corrected chi connectivity index (χ4v) is 4.57. The van der Waals surface area contributed by atoms with E-state index in [0.29, 0.717) is 17.0 Å². The van der Waals surface area contributed by atoms with Crippen molar-refractivity contribution in [2.75, 3.05) is 0 Å². The Hall–Kier alpha value is -3.40. The monoisotopic (exact) mass is 430 g/mol. The van der Waals surface area contributed by atoms with Gasteiger partial charge in [-0.1, -0.05) is 70.2 Å². The molecule has 3 rings (SSSR count). The van der Waals surface area contributed by atoms with Crippen molar-refractivity contribution in [3.05, 3.63) is 82.4 Å². The molecule has 0 aliphatic carbocycles. The maximum atomic E-state index is 12.2. The highest BCUT2D eigenvalue weighted by Crippen LogP contribution is 2.44. The van der Waals surface area contributed by atoms with Gasteiger partial charge >= 0.3 is 11.9 Å². The second-order valence-corrected chi connectivity index (χ2v) is 8.97. The predicted octanol–water partition coefficient (Wildman–Crippen LogP) is 7.05. The van der Waals surface area contributed by atoms with E-state index in [2.05, 4.69) is 33.8 Å². The Morgan fingerprint density at radius 1 is 0.781 bits per heavy atom. The van der Waals surface area contributed by atoms with Gasteiger partial charge in [0.05, 0.1) is 11.1 Å². The lowest BCUT2D eigenvalue weighted by Crippen LogP contribution is -2.10. The van der Waals surface area contributed by atoms with Crippen molar-refractivity contribution in [2.24, 2.45) is 5.92 Å². The summed E-state index contributed by atoms with van der Waals surface area (Å²) in [4.78, 5) is 24.2. The lowest BCUT2D eigenvalue weighted by Gasteiger charge is -2.26. The molecule has 0 spiro atoms. The van der Waals surface area contributed by atoms with Gasteiger partial charge < -0.3 is 10.2 Å². The van der Waals surface area contributed by atoms with E-state index in [1.807, 2.05) is 31.2 Å². The number of benzene rings is 3. The molecule has 0 saturated heterocycles. The van der Waals surface area contributed by atoms with Crippen LogP contribution in [0.1, 0.15) is 71.0 Å². The van der Waals surface area contributed by atoms with Gasteiger partial charge in [-0.3, -0.25) is 0 Å². The molecule has 0 aliphatic heterocycles. The van der Waals surface area contributed by atoms with E-state index in [4.69, 9.17) is 0 Å². The van der Waals surface area contributed by atoms with Gasteiger partial charge in [0.25, 0.3) is 0 Å². The molecule has 0 saturated carbocycles. The first kappa shape index (κ1) is 23.3. The second kappa shape index (κ2) is 9.39. The molecule has 4 nitrogen and oxygen atoms in total. The molecular formula is C28H30O4. The molecule has 4 heteroatoms. The number of hydrogen-bond acceptors (Lipinski definition) is 2. The van der Waals surface area contributed by atoms with Crippen LogP contribution in [-0.2, 0) is 6.42 Å². The Bertz CT molecular complexity index is 1170. The molecule has 166 valence electrons. The van der Waals surface area contributed by atoms with E-state index in [-0.39, 0.29) is 17.0 Å². The van der Waals surface area contributed by atoms with Crippen LogP contribution in [0, 0.1) is 12.8 Å². The second-order valence-electron chi connectivity index (χ2n) is 8.97. The van der Waals surface area contributed by atoms with E-state index in [9.17, 15) is 19.8 Å². The van der Waals surface area contributed by atoms with Crippen molar-refractivity contribution in [1.29, 1.82) is 0 Å². The van der Waals surface area contributed by atoms with Crippen LogP contribution in [0.3, 0.4) is 0 Å². The summed E-state index contributed by atoms with van der Waals surface area (Å²) in [6.45, 7) is 10.5. The van der Waals surface area contributed by atoms with Crippen molar-refractivity contribution in [3.8, 4) is 22.3 Å². The molecule has 0 radical (unpaired) electrons. The quantitative estimate of drug-likeness (QED) is 0.421. The van der Waals surface area contributed by atoms with Gasteiger partial charge in [-0.05, 0) is 76.3 Å². The number of aromatic carboxylic acids is 2. The zero-order valence-corrected chi connectivity index (χ0v) is 19.3. The highest BCUT2D eigenvalue weighted by Gasteiger charge is 2.26. The van der Waals surface area contributed by atoms with Gasteiger partial charge in [-0.25, -0.2) is 9.59 Å². The molecule has 0 unspecified atom stereocenters. The minimum absolute atomic E-state index is 0.122. The molecular weight excluding hydrogens is 400 g/mol. The molecule has 0 atom stereocenters. The fourth-order valence-electron chi connectivity index (χ4n) is 4.57. The van der Waals surface area contributed by atoms with Crippen molar-refractivity contribution >= 4 is 11.9 Å². The van der Waals surface area contributed by atoms with Crippen molar-refractivity contribution in [2.45, 2.75) is 47.0 Å². The van der Waals surface area contributed by atoms with Gasteiger partial charge in [0, 0.05) is 0 Å². The summed E-state index contributed by atoms with van der Waals surface area (Å²) in [6.07, 6.45) is 0.859. The van der Waals surface area contributed by atoms with Gasteiger partial charge in [-0.2, -0.15) is 0 Å². The Morgan fingerprint density at radius 2 is 1.25 bits per heavy atom. The Morgan fingerprint density at radius 3 is 1.69 bits per heavy atom. The zero-order chi connectivity index (χ0) is 23.6. The third kappa shape index (κ3) is 4.45. The molecule has 0 bridgehead atoms. The summed E-state index contributed by atoms with van der Waals surface area (Å²) in [5, 5.41) is 19.8. The smallest absolute Gasteiger partial charge is 0.336 e. The molecule has 2 N–H and O–H groups in total. The first-order chi connectivity index (χ1) is 15.1. The van der Waals surface area contributed by atoms with E-state index in [1.165, 1.54) is 5.56 Å². The molecule has 0 heterocycles.